The lowest BCUT2D eigenvalue weighted by Crippen LogP contribution is -2.47. The molecule has 1 fully saturated rings. The van der Waals surface area contributed by atoms with Gasteiger partial charge in [-0.1, -0.05) is 13.0 Å². The van der Waals surface area contributed by atoms with Crippen molar-refractivity contribution in [2.75, 3.05) is 25.0 Å². The Morgan fingerprint density at radius 2 is 2.18 bits per heavy atom. The van der Waals surface area contributed by atoms with Crippen molar-refractivity contribution in [3.63, 3.8) is 0 Å². The molecule has 2 atom stereocenters. The third kappa shape index (κ3) is 2.94. The summed E-state index contributed by atoms with van der Waals surface area (Å²) in [5.41, 5.74) is 2.80. The first-order valence-electron chi connectivity index (χ1n) is 6.30. The molecular formula is C14H21IN2. The molecule has 2 nitrogen and oxygen atoms in total. The molecule has 1 saturated heterocycles. The van der Waals surface area contributed by atoms with Crippen molar-refractivity contribution in [1.29, 1.82) is 0 Å². The quantitative estimate of drug-likeness (QED) is 0.830. The van der Waals surface area contributed by atoms with Gasteiger partial charge >= 0.3 is 0 Å². The number of hydrogen-bond donors (Lipinski definition) is 1. The molecule has 0 bridgehead atoms. The maximum atomic E-state index is 3.42. The number of hydrogen-bond acceptors (Lipinski definition) is 2. The lowest BCUT2D eigenvalue weighted by molar-refractivity contribution is 0.338. The van der Waals surface area contributed by atoms with Crippen LogP contribution in [0.3, 0.4) is 0 Å². The summed E-state index contributed by atoms with van der Waals surface area (Å²) in [6.45, 7) is 6.88. The van der Waals surface area contributed by atoms with Gasteiger partial charge < -0.3 is 10.2 Å². The summed E-state index contributed by atoms with van der Waals surface area (Å²) in [6, 6.07) is 7.39. The van der Waals surface area contributed by atoms with Gasteiger partial charge in [0.05, 0.1) is 0 Å². The molecule has 2 rings (SSSR count). The molecule has 0 amide bonds. The molecule has 1 N–H and O–H groups in total. The van der Waals surface area contributed by atoms with E-state index in [1.54, 1.807) is 0 Å². The molecule has 0 aromatic heterocycles. The monoisotopic (exact) mass is 344 g/mol. The normalized spacial score (nSPS) is 25.1. The fourth-order valence-corrected chi connectivity index (χ4v) is 3.19. The van der Waals surface area contributed by atoms with Gasteiger partial charge in [-0.15, -0.1) is 0 Å². The molecule has 1 aliphatic heterocycles. The largest absolute Gasteiger partial charge is 0.371 e. The third-order valence-corrected chi connectivity index (χ3v) is 4.46. The van der Waals surface area contributed by atoms with Crippen LogP contribution in [0.4, 0.5) is 5.69 Å². The molecule has 0 spiro atoms. The topological polar surface area (TPSA) is 15.3 Å². The fourth-order valence-electron chi connectivity index (χ4n) is 2.72. The zero-order valence-electron chi connectivity index (χ0n) is 10.8. The molecule has 0 aliphatic carbocycles. The minimum atomic E-state index is 0.675. The SMILES string of the molecule is CNC1CCN(c2cc(I)ccc2C)CC1C. The maximum Gasteiger partial charge on any atom is 0.0406 e. The van der Waals surface area contributed by atoms with Gasteiger partial charge in [-0.25, -0.2) is 0 Å². The second-order valence-corrected chi connectivity index (χ2v) is 6.28. The number of rotatable bonds is 2. The summed E-state index contributed by atoms with van der Waals surface area (Å²) in [6.07, 6.45) is 1.24. The third-order valence-electron chi connectivity index (χ3n) is 3.79. The van der Waals surface area contributed by atoms with E-state index < -0.39 is 0 Å². The summed E-state index contributed by atoms with van der Waals surface area (Å²) in [5, 5.41) is 3.42. The van der Waals surface area contributed by atoms with E-state index in [1.165, 1.54) is 21.2 Å². The minimum Gasteiger partial charge on any atom is -0.371 e. The molecule has 0 radical (unpaired) electrons. The molecular weight excluding hydrogens is 323 g/mol. The van der Waals surface area contributed by atoms with Gasteiger partial charge in [-0.05, 0) is 66.6 Å². The number of anilines is 1. The zero-order valence-corrected chi connectivity index (χ0v) is 13.0. The first-order valence-corrected chi connectivity index (χ1v) is 7.38. The Hall–Kier alpha value is -0.290. The van der Waals surface area contributed by atoms with E-state index in [9.17, 15) is 0 Å². The fraction of sp³-hybridized carbons (Fsp3) is 0.571. The van der Waals surface area contributed by atoms with E-state index in [2.05, 4.69) is 71.9 Å². The number of nitrogens with zero attached hydrogens (tertiary/aromatic N) is 1. The van der Waals surface area contributed by atoms with Crippen molar-refractivity contribution in [2.45, 2.75) is 26.3 Å². The maximum absolute atomic E-state index is 3.42. The Bertz CT molecular complexity index is 392. The van der Waals surface area contributed by atoms with Gasteiger partial charge in [-0.3, -0.25) is 0 Å². The average Bonchev–Trinajstić information content (AvgIpc) is 2.32. The molecule has 3 heteroatoms. The predicted molar refractivity (Wildman–Crippen MR) is 82.7 cm³/mol. The van der Waals surface area contributed by atoms with Crippen LogP contribution < -0.4 is 10.2 Å². The van der Waals surface area contributed by atoms with Crippen molar-refractivity contribution < 1.29 is 0 Å². The van der Waals surface area contributed by atoms with Gasteiger partial charge in [0.25, 0.3) is 0 Å². The zero-order chi connectivity index (χ0) is 12.4. The summed E-state index contributed by atoms with van der Waals surface area (Å²) in [5.74, 6) is 0.714. The summed E-state index contributed by atoms with van der Waals surface area (Å²) >= 11 is 2.40. The molecule has 2 unspecified atom stereocenters. The van der Waals surface area contributed by atoms with Gasteiger partial charge in [0.2, 0.25) is 0 Å². The van der Waals surface area contributed by atoms with Crippen molar-refractivity contribution in [3.8, 4) is 0 Å². The molecule has 1 aliphatic rings. The van der Waals surface area contributed by atoms with Crippen molar-refractivity contribution in [1.82, 2.24) is 5.32 Å². The minimum absolute atomic E-state index is 0.675. The first kappa shape index (κ1) is 13.1. The summed E-state index contributed by atoms with van der Waals surface area (Å²) in [4.78, 5) is 2.54. The van der Waals surface area contributed by atoms with E-state index in [0.29, 0.717) is 12.0 Å². The molecule has 1 aromatic carbocycles. The van der Waals surface area contributed by atoms with Gasteiger partial charge in [0, 0.05) is 28.4 Å². The standard InChI is InChI=1S/C14H21IN2/c1-10-4-5-12(15)8-14(10)17-7-6-13(16-3)11(2)9-17/h4-5,8,11,13,16H,6-7,9H2,1-3H3. The molecule has 17 heavy (non-hydrogen) atoms. The van der Waals surface area contributed by atoms with Crippen LogP contribution in [0.2, 0.25) is 0 Å². The predicted octanol–water partition coefficient (Wildman–Crippen LogP) is 3.03. The summed E-state index contributed by atoms with van der Waals surface area (Å²) < 4.78 is 1.33. The van der Waals surface area contributed by atoms with Crippen LogP contribution >= 0.6 is 22.6 Å². The Kier molecular flexibility index (Phi) is 4.31. The van der Waals surface area contributed by atoms with Gasteiger partial charge in [0.1, 0.15) is 0 Å². The Morgan fingerprint density at radius 3 is 2.82 bits per heavy atom. The van der Waals surface area contributed by atoms with Crippen LogP contribution in [0.5, 0.6) is 0 Å². The van der Waals surface area contributed by atoms with Crippen molar-refractivity contribution >= 4 is 28.3 Å². The van der Waals surface area contributed by atoms with E-state index >= 15 is 0 Å². The summed E-state index contributed by atoms with van der Waals surface area (Å²) in [7, 11) is 2.08. The van der Waals surface area contributed by atoms with Crippen LogP contribution in [0.25, 0.3) is 0 Å². The second-order valence-electron chi connectivity index (χ2n) is 5.04. The lowest BCUT2D eigenvalue weighted by atomic mass is 9.93. The van der Waals surface area contributed by atoms with Gasteiger partial charge in [-0.2, -0.15) is 0 Å². The van der Waals surface area contributed by atoms with Crippen molar-refractivity contribution in [3.05, 3.63) is 27.3 Å². The highest BCUT2D eigenvalue weighted by molar-refractivity contribution is 14.1. The van der Waals surface area contributed by atoms with Crippen LogP contribution in [0.15, 0.2) is 18.2 Å². The highest BCUT2D eigenvalue weighted by Gasteiger charge is 2.25. The average molecular weight is 344 g/mol. The highest BCUT2D eigenvalue weighted by Crippen LogP contribution is 2.27. The molecule has 1 heterocycles. The number of aryl methyl sites for hydroxylation is 1. The number of nitrogens with one attached hydrogen (secondary N) is 1. The molecule has 1 aromatic rings. The van der Waals surface area contributed by atoms with Crippen LogP contribution in [-0.4, -0.2) is 26.2 Å². The van der Waals surface area contributed by atoms with E-state index in [1.807, 2.05) is 0 Å². The number of piperidine rings is 1. The smallest absolute Gasteiger partial charge is 0.0406 e. The van der Waals surface area contributed by atoms with Crippen molar-refractivity contribution in [2.24, 2.45) is 5.92 Å². The van der Waals surface area contributed by atoms with Crippen LogP contribution in [-0.2, 0) is 0 Å². The van der Waals surface area contributed by atoms with Crippen LogP contribution in [0, 0.1) is 16.4 Å². The first-order chi connectivity index (χ1) is 8.11. The molecule has 94 valence electrons. The lowest BCUT2D eigenvalue weighted by Gasteiger charge is -2.38. The highest BCUT2D eigenvalue weighted by atomic mass is 127. The number of benzene rings is 1. The Labute approximate surface area is 118 Å². The Balaban J connectivity index is 2.16. The van der Waals surface area contributed by atoms with E-state index in [4.69, 9.17) is 0 Å². The van der Waals surface area contributed by atoms with Gasteiger partial charge in [0.15, 0.2) is 0 Å². The second kappa shape index (κ2) is 5.57. The van der Waals surface area contributed by atoms with Crippen LogP contribution in [0.1, 0.15) is 18.9 Å². The van der Waals surface area contributed by atoms with E-state index in [-0.39, 0.29) is 0 Å². The van der Waals surface area contributed by atoms with E-state index in [0.717, 1.165) is 13.1 Å². The molecule has 0 saturated carbocycles. The Morgan fingerprint density at radius 1 is 1.41 bits per heavy atom. The number of halogens is 1.